The average molecular weight is 307 g/mol. The van der Waals surface area contributed by atoms with Crippen LogP contribution in [0, 0.1) is 0 Å². The Balaban J connectivity index is 2.34. The number of hydrogen-bond acceptors (Lipinski definition) is 4. The molecule has 3 N–H and O–H groups in total. The van der Waals surface area contributed by atoms with Gasteiger partial charge in [0.2, 0.25) is 0 Å². The number of benzene rings is 2. The second-order valence-electron chi connectivity index (χ2n) is 4.85. The van der Waals surface area contributed by atoms with Crippen LogP contribution in [0.15, 0.2) is 36.4 Å². The lowest BCUT2D eigenvalue weighted by Gasteiger charge is -2.17. The normalized spacial score (nSPS) is 10.5. The zero-order valence-corrected chi connectivity index (χ0v) is 13.1. The second-order valence-corrected chi connectivity index (χ2v) is 5.29. The van der Waals surface area contributed by atoms with Gasteiger partial charge in [0.25, 0.3) is 0 Å². The molecule has 0 spiro atoms. The molecule has 5 heteroatoms. The van der Waals surface area contributed by atoms with Crippen LogP contribution in [0.4, 0.5) is 17.1 Å². The smallest absolute Gasteiger partial charge is 0.144 e. The van der Waals surface area contributed by atoms with E-state index in [1.54, 1.807) is 25.3 Å². The van der Waals surface area contributed by atoms with E-state index in [9.17, 15) is 0 Å². The van der Waals surface area contributed by atoms with Gasteiger partial charge in [-0.1, -0.05) is 17.7 Å². The minimum Gasteiger partial charge on any atom is -0.495 e. The summed E-state index contributed by atoms with van der Waals surface area (Å²) in [6.45, 7) is 3.92. The van der Waals surface area contributed by atoms with Crippen molar-refractivity contribution in [2.24, 2.45) is 0 Å². The first-order chi connectivity index (χ1) is 10.0. The topological polar surface area (TPSA) is 56.5 Å². The summed E-state index contributed by atoms with van der Waals surface area (Å²) in [5.74, 6) is 1.34. The van der Waals surface area contributed by atoms with E-state index in [1.807, 2.05) is 32.0 Å². The monoisotopic (exact) mass is 306 g/mol. The summed E-state index contributed by atoms with van der Waals surface area (Å²) in [5.41, 5.74) is 8.19. The lowest BCUT2D eigenvalue weighted by atomic mass is 10.2. The molecule has 112 valence electrons. The number of nitrogens with one attached hydrogen (secondary N) is 1. The third-order valence-corrected chi connectivity index (χ3v) is 3.09. The largest absolute Gasteiger partial charge is 0.495 e. The number of para-hydroxylation sites is 1. The third kappa shape index (κ3) is 3.73. The number of rotatable bonds is 5. The standard InChI is InChI=1S/C16H19ClN2O2/c1-10(2)21-15-6-4-5-12(16(15)18)19-13-9-11(17)7-8-14(13)20-3/h4-10,19H,18H2,1-3H3. The van der Waals surface area contributed by atoms with Gasteiger partial charge in [-0.05, 0) is 44.2 Å². The Labute approximate surface area is 129 Å². The molecule has 0 aliphatic heterocycles. The van der Waals surface area contributed by atoms with Crippen molar-refractivity contribution in [2.75, 3.05) is 18.2 Å². The van der Waals surface area contributed by atoms with Crippen molar-refractivity contribution in [3.63, 3.8) is 0 Å². The molecule has 4 nitrogen and oxygen atoms in total. The number of ether oxygens (including phenoxy) is 2. The molecule has 0 fully saturated rings. The fourth-order valence-electron chi connectivity index (χ4n) is 1.93. The van der Waals surface area contributed by atoms with Gasteiger partial charge in [0.1, 0.15) is 11.5 Å². The Morgan fingerprint density at radius 3 is 2.52 bits per heavy atom. The van der Waals surface area contributed by atoms with Crippen molar-refractivity contribution >= 4 is 28.7 Å². The molecule has 2 rings (SSSR count). The van der Waals surface area contributed by atoms with Crippen LogP contribution < -0.4 is 20.5 Å². The summed E-state index contributed by atoms with van der Waals surface area (Å²) in [4.78, 5) is 0. The van der Waals surface area contributed by atoms with Crippen LogP contribution in [-0.2, 0) is 0 Å². The molecule has 0 saturated carbocycles. The van der Waals surface area contributed by atoms with Crippen LogP contribution >= 0.6 is 11.6 Å². The van der Waals surface area contributed by atoms with Gasteiger partial charge in [-0.25, -0.2) is 0 Å². The van der Waals surface area contributed by atoms with Gasteiger partial charge >= 0.3 is 0 Å². The Kier molecular flexibility index (Phi) is 4.81. The molecule has 2 aromatic carbocycles. The van der Waals surface area contributed by atoms with E-state index in [1.165, 1.54) is 0 Å². The minimum atomic E-state index is 0.0586. The van der Waals surface area contributed by atoms with Crippen molar-refractivity contribution in [1.82, 2.24) is 0 Å². The van der Waals surface area contributed by atoms with Crippen LogP contribution in [0.1, 0.15) is 13.8 Å². The van der Waals surface area contributed by atoms with Gasteiger partial charge in [-0.15, -0.1) is 0 Å². The molecule has 0 aromatic heterocycles. The number of nitrogens with two attached hydrogens (primary N) is 1. The molecule has 0 aliphatic rings. The molecule has 0 bridgehead atoms. The van der Waals surface area contributed by atoms with Gasteiger partial charge < -0.3 is 20.5 Å². The predicted octanol–water partition coefficient (Wildman–Crippen LogP) is 4.46. The summed E-state index contributed by atoms with van der Waals surface area (Å²) in [6.07, 6.45) is 0.0586. The van der Waals surface area contributed by atoms with Crippen LogP contribution in [0.5, 0.6) is 11.5 Å². The Hall–Kier alpha value is -2.07. The van der Waals surface area contributed by atoms with Crippen LogP contribution in [-0.4, -0.2) is 13.2 Å². The third-order valence-electron chi connectivity index (χ3n) is 2.86. The predicted molar refractivity (Wildman–Crippen MR) is 87.9 cm³/mol. The quantitative estimate of drug-likeness (QED) is 0.801. The van der Waals surface area contributed by atoms with E-state index < -0.39 is 0 Å². The lowest BCUT2D eigenvalue weighted by molar-refractivity contribution is 0.244. The molecule has 0 atom stereocenters. The minimum absolute atomic E-state index is 0.0586. The molecular formula is C16H19ClN2O2. The van der Waals surface area contributed by atoms with E-state index >= 15 is 0 Å². The fraction of sp³-hybridized carbons (Fsp3) is 0.250. The van der Waals surface area contributed by atoms with Crippen LogP contribution in [0.25, 0.3) is 0 Å². The summed E-state index contributed by atoms with van der Waals surface area (Å²) >= 11 is 6.03. The van der Waals surface area contributed by atoms with Crippen LogP contribution in [0.3, 0.4) is 0 Å². The number of hydrogen-bond donors (Lipinski definition) is 2. The first-order valence-electron chi connectivity index (χ1n) is 6.67. The highest BCUT2D eigenvalue weighted by Gasteiger charge is 2.10. The Bertz CT molecular complexity index is 630. The highest BCUT2D eigenvalue weighted by atomic mass is 35.5. The number of anilines is 3. The fourth-order valence-corrected chi connectivity index (χ4v) is 2.10. The summed E-state index contributed by atoms with van der Waals surface area (Å²) in [6, 6.07) is 11.0. The first kappa shape index (κ1) is 15.3. The molecular weight excluding hydrogens is 288 g/mol. The lowest BCUT2D eigenvalue weighted by Crippen LogP contribution is -2.08. The Morgan fingerprint density at radius 1 is 1.10 bits per heavy atom. The molecule has 21 heavy (non-hydrogen) atoms. The van der Waals surface area contributed by atoms with Crippen molar-refractivity contribution < 1.29 is 9.47 Å². The van der Waals surface area contributed by atoms with E-state index in [4.69, 9.17) is 26.8 Å². The number of methoxy groups -OCH3 is 1. The zero-order chi connectivity index (χ0) is 15.4. The summed E-state index contributed by atoms with van der Waals surface area (Å²) < 4.78 is 11.0. The first-order valence-corrected chi connectivity index (χ1v) is 7.04. The van der Waals surface area contributed by atoms with Crippen molar-refractivity contribution in [3.05, 3.63) is 41.4 Å². The van der Waals surface area contributed by atoms with Gasteiger partial charge in [0.05, 0.1) is 30.3 Å². The van der Waals surface area contributed by atoms with E-state index in [2.05, 4.69) is 5.32 Å². The highest BCUT2D eigenvalue weighted by Crippen LogP contribution is 2.36. The van der Waals surface area contributed by atoms with Crippen molar-refractivity contribution in [2.45, 2.75) is 20.0 Å². The summed E-state index contributed by atoms with van der Waals surface area (Å²) in [7, 11) is 1.61. The van der Waals surface area contributed by atoms with Gasteiger partial charge in [-0.2, -0.15) is 0 Å². The SMILES string of the molecule is COc1ccc(Cl)cc1Nc1cccc(OC(C)C)c1N. The van der Waals surface area contributed by atoms with Crippen molar-refractivity contribution in [1.29, 1.82) is 0 Å². The molecule has 0 unspecified atom stereocenters. The number of halogens is 1. The van der Waals surface area contributed by atoms with Gasteiger partial charge in [-0.3, -0.25) is 0 Å². The number of nitrogen functional groups attached to an aromatic ring is 1. The average Bonchev–Trinajstić information content (AvgIpc) is 2.43. The maximum absolute atomic E-state index is 6.15. The van der Waals surface area contributed by atoms with Crippen LogP contribution in [0.2, 0.25) is 5.02 Å². The maximum atomic E-state index is 6.15. The van der Waals surface area contributed by atoms with Gasteiger partial charge in [0, 0.05) is 5.02 Å². The van der Waals surface area contributed by atoms with Gasteiger partial charge in [0.15, 0.2) is 0 Å². The zero-order valence-electron chi connectivity index (χ0n) is 12.3. The molecule has 0 radical (unpaired) electrons. The molecule has 0 amide bonds. The van der Waals surface area contributed by atoms with E-state index in [0.717, 1.165) is 11.4 Å². The van der Waals surface area contributed by atoms with Crippen molar-refractivity contribution in [3.8, 4) is 11.5 Å². The van der Waals surface area contributed by atoms with E-state index in [-0.39, 0.29) is 6.10 Å². The molecule has 0 heterocycles. The highest BCUT2D eigenvalue weighted by molar-refractivity contribution is 6.31. The van der Waals surface area contributed by atoms with E-state index in [0.29, 0.717) is 22.2 Å². The molecule has 0 saturated heterocycles. The Morgan fingerprint density at radius 2 is 1.86 bits per heavy atom. The molecule has 0 aliphatic carbocycles. The second kappa shape index (κ2) is 6.59. The molecule has 2 aromatic rings. The maximum Gasteiger partial charge on any atom is 0.144 e. The summed E-state index contributed by atoms with van der Waals surface area (Å²) in [5, 5.41) is 3.85.